The van der Waals surface area contributed by atoms with E-state index in [9.17, 15) is 0 Å². The zero-order chi connectivity index (χ0) is 13.8. The maximum absolute atomic E-state index is 3.79. The van der Waals surface area contributed by atoms with Gasteiger partial charge < -0.3 is 5.32 Å². The number of hydrogen-bond donors (Lipinski definition) is 1. The monoisotopic (exact) mass is 272 g/mol. The fraction of sp³-hybridized carbons (Fsp3) is 1.00. The van der Waals surface area contributed by atoms with E-state index >= 15 is 0 Å². The molecule has 18 heavy (non-hydrogen) atoms. The van der Waals surface area contributed by atoms with Gasteiger partial charge >= 0.3 is 0 Å². The van der Waals surface area contributed by atoms with Gasteiger partial charge in [-0.1, -0.05) is 13.8 Å². The Kier molecular flexibility index (Phi) is 6.49. The number of thioether (sulfide) groups is 1. The van der Waals surface area contributed by atoms with Crippen LogP contribution in [-0.2, 0) is 0 Å². The molecule has 0 amide bonds. The Morgan fingerprint density at radius 2 is 1.83 bits per heavy atom. The van der Waals surface area contributed by atoms with Gasteiger partial charge in [0.05, 0.1) is 0 Å². The van der Waals surface area contributed by atoms with Gasteiger partial charge in [0.1, 0.15) is 0 Å². The van der Waals surface area contributed by atoms with E-state index in [2.05, 4.69) is 63.5 Å². The van der Waals surface area contributed by atoms with Crippen LogP contribution in [0.3, 0.4) is 0 Å². The summed E-state index contributed by atoms with van der Waals surface area (Å²) in [5, 5.41) is 3.79. The Balaban J connectivity index is 2.36. The van der Waals surface area contributed by atoms with Gasteiger partial charge in [-0.05, 0) is 45.3 Å². The van der Waals surface area contributed by atoms with Gasteiger partial charge in [0.25, 0.3) is 0 Å². The van der Waals surface area contributed by atoms with Crippen molar-refractivity contribution in [2.75, 3.05) is 24.6 Å². The van der Waals surface area contributed by atoms with E-state index in [0.717, 1.165) is 13.1 Å². The molecule has 0 aromatic carbocycles. The molecule has 1 rings (SSSR count). The predicted molar refractivity (Wildman–Crippen MR) is 84.5 cm³/mol. The highest BCUT2D eigenvalue weighted by Crippen LogP contribution is 2.33. The van der Waals surface area contributed by atoms with Crippen molar-refractivity contribution in [1.82, 2.24) is 10.2 Å². The summed E-state index contributed by atoms with van der Waals surface area (Å²) in [5.74, 6) is 2.60. The molecule has 1 aliphatic rings. The molecule has 1 aliphatic heterocycles. The molecule has 108 valence electrons. The van der Waals surface area contributed by atoms with Crippen LogP contribution in [0.2, 0.25) is 0 Å². The van der Waals surface area contributed by atoms with E-state index in [1.54, 1.807) is 0 Å². The Hall–Kier alpha value is 0.270. The lowest BCUT2D eigenvalue weighted by Gasteiger charge is -2.39. The van der Waals surface area contributed by atoms with E-state index in [1.807, 2.05) is 0 Å². The van der Waals surface area contributed by atoms with Crippen LogP contribution < -0.4 is 5.32 Å². The van der Waals surface area contributed by atoms with E-state index in [1.165, 1.54) is 17.9 Å². The Labute approximate surface area is 118 Å². The largest absolute Gasteiger partial charge is 0.311 e. The second-order valence-corrected chi connectivity index (χ2v) is 7.90. The van der Waals surface area contributed by atoms with Crippen molar-refractivity contribution < 1.29 is 0 Å². The summed E-state index contributed by atoms with van der Waals surface area (Å²) in [6.45, 7) is 16.3. The minimum absolute atomic E-state index is 0.464. The molecule has 1 fully saturated rings. The first kappa shape index (κ1) is 16.3. The van der Waals surface area contributed by atoms with E-state index in [4.69, 9.17) is 0 Å². The third-order valence-corrected chi connectivity index (χ3v) is 5.27. The molecule has 1 atom stereocenters. The van der Waals surface area contributed by atoms with Crippen LogP contribution in [0.25, 0.3) is 0 Å². The molecular weight excluding hydrogens is 240 g/mol. The minimum atomic E-state index is 0.464. The van der Waals surface area contributed by atoms with Gasteiger partial charge in [-0.2, -0.15) is 11.8 Å². The smallest absolute Gasteiger partial charge is 0.0210 e. The first-order valence-electron chi connectivity index (χ1n) is 7.41. The normalized spacial score (nSPS) is 24.2. The van der Waals surface area contributed by atoms with Gasteiger partial charge in [0.15, 0.2) is 0 Å². The second-order valence-electron chi connectivity index (χ2n) is 6.75. The highest BCUT2D eigenvalue weighted by molar-refractivity contribution is 7.99. The summed E-state index contributed by atoms with van der Waals surface area (Å²) in [6.07, 6.45) is 1.34. The highest BCUT2D eigenvalue weighted by Gasteiger charge is 2.32. The average Bonchev–Trinajstić information content (AvgIpc) is 2.24. The maximum Gasteiger partial charge on any atom is 0.0210 e. The first-order chi connectivity index (χ1) is 8.34. The van der Waals surface area contributed by atoms with Crippen LogP contribution in [0.5, 0.6) is 0 Å². The molecule has 0 aliphatic carbocycles. The van der Waals surface area contributed by atoms with E-state index in [-0.39, 0.29) is 0 Å². The van der Waals surface area contributed by atoms with Gasteiger partial charge in [-0.3, -0.25) is 4.90 Å². The Bertz CT molecular complexity index is 231. The van der Waals surface area contributed by atoms with Crippen molar-refractivity contribution in [3.05, 3.63) is 0 Å². The van der Waals surface area contributed by atoms with Crippen molar-refractivity contribution in [2.24, 2.45) is 5.41 Å². The summed E-state index contributed by atoms with van der Waals surface area (Å²) in [4.78, 5) is 2.57. The number of nitrogens with zero attached hydrogens (tertiary/aromatic N) is 1. The quantitative estimate of drug-likeness (QED) is 0.799. The van der Waals surface area contributed by atoms with Crippen molar-refractivity contribution in [3.63, 3.8) is 0 Å². The third kappa shape index (κ3) is 4.75. The van der Waals surface area contributed by atoms with Crippen molar-refractivity contribution in [1.29, 1.82) is 0 Å². The van der Waals surface area contributed by atoms with Gasteiger partial charge in [0, 0.05) is 37.0 Å². The summed E-state index contributed by atoms with van der Waals surface area (Å²) in [5.41, 5.74) is 0.464. The van der Waals surface area contributed by atoms with Gasteiger partial charge in [-0.25, -0.2) is 0 Å². The van der Waals surface area contributed by atoms with Crippen LogP contribution >= 0.6 is 11.8 Å². The molecule has 0 spiro atoms. The summed E-state index contributed by atoms with van der Waals surface area (Å²) in [7, 11) is 0. The molecule has 0 radical (unpaired) electrons. The van der Waals surface area contributed by atoms with E-state index < -0.39 is 0 Å². The zero-order valence-corrected chi connectivity index (χ0v) is 13.9. The van der Waals surface area contributed by atoms with Crippen LogP contribution in [0.4, 0.5) is 0 Å². The standard InChI is InChI=1S/C15H32N2S/c1-12(2)17(13(3)4)9-8-16-14-11-18-10-7-15(14,5)6/h12-14,16H,7-11H2,1-6H3. The number of nitrogens with one attached hydrogen (secondary N) is 1. The molecule has 0 saturated carbocycles. The molecule has 1 heterocycles. The SMILES string of the molecule is CC(C)N(CCNC1CSCCC1(C)C)C(C)C. The predicted octanol–water partition coefficient (Wildman–Crippen LogP) is 3.23. The van der Waals surface area contributed by atoms with Crippen LogP contribution in [0, 0.1) is 5.41 Å². The number of rotatable bonds is 6. The average molecular weight is 273 g/mol. The second kappa shape index (κ2) is 7.16. The zero-order valence-electron chi connectivity index (χ0n) is 13.1. The Morgan fingerprint density at radius 1 is 1.22 bits per heavy atom. The van der Waals surface area contributed by atoms with Crippen LogP contribution in [-0.4, -0.2) is 47.6 Å². The van der Waals surface area contributed by atoms with Crippen molar-refractivity contribution in [3.8, 4) is 0 Å². The third-order valence-electron chi connectivity index (χ3n) is 4.21. The van der Waals surface area contributed by atoms with Gasteiger partial charge in [0.2, 0.25) is 0 Å². The lowest BCUT2D eigenvalue weighted by Crippen LogP contribution is -2.50. The van der Waals surface area contributed by atoms with Crippen molar-refractivity contribution >= 4 is 11.8 Å². The molecule has 3 heteroatoms. The van der Waals surface area contributed by atoms with Crippen LogP contribution in [0.15, 0.2) is 0 Å². The molecule has 0 aromatic rings. The minimum Gasteiger partial charge on any atom is -0.311 e. The van der Waals surface area contributed by atoms with Crippen molar-refractivity contribution in [2.45, 2.75) is 66.1 Å². The Morgan fingerprint density at radius 3 is 2.33 bits per heavy atom. The topological polar surface area (TPSA) is 15.3 Å². The molecule has 0 bridgehead atoms. The molecule has 2 nitrogen and oxygen atoms in total. The lowest BCUT2D eigenvalue weighted by molar-refractivity contribution is 0.165. The summed E-state index contributed by atoms with van der Waals surface area (Å²) >= 11 is 2.10. The summed E-state index contributed by atoms with van der Waals surface area (Å²) in [6, 6.07) is 1.96. The first-order valence-corrected chi connectivity index (χ1v) is 8.57. The van der Waals surface area contributed by atoms with Crippen LogP contribution in [0.1, 0.15) is 48.0 Å². The summed E-state index contributed by atoms with van der Waals surface area (Å²) < 4.78 is 0. The lowest BCUT2D eigenvalue weighted by atomic mass is 9.82. The fourth-order valence-electron chi connectivity index (χ4n) is 2.75. The fourth-order valence-corrected chi connectivity index (χ4v) is 4.39. The molecular formula is C15H32N2S. The molecule has 1 unspecified atom stereocenters. The number of hydrogen-bond acceptors (Lipinski definition) is 3. The maximum atomic E-state index is 3.79. The highest BCUT2D eigenvalue weighted by atomic mass is 32.2. The molecule has 0 aromatic heterocycles. The molecule has 1 N–H and O–H groups in total. The van der Waals surface area contributed by atoms with Gasteiger partial charge in [-0.15, -0.1) is 0 Å². The van der Waals surface area contributed by atoms with E-state index in [0.29, 0.717) is 23.5 Å². The molecule has 1 saturated heterocycles.